The Hall–Kier alpha value is -2.77. The molecule has 1 saturated heterocycles. The Morgan fingerprint density at radius 1 is 1.29 bits per heavy atom. The van der Waals surface area contributed by atoms with E-state index in [1.807, 2.05) is 6.07 Å². The lowest BCUT2D eigenvalue weighted by Crippen LogP contribution is -2.49. The van der Waals surface area contributed by atoms with Gasteiger partial charge in [0.1, 0.15) is 0 Å². The van der Waals surface area contributed by atoms with E-state index in [-0.39, 0.29) is 6.04 Å². The Morgan fingerprint density at radius 2 is 2.07 bits per heavy atom. The summed E-state index contributed by atoms with van der Waals surface area (Å²) in [6.07, 6.45) is -1.60. The summed E-state index contributed by atoms with van der Waals surface area (Å²) in [5.41, 5.74) is 6.44. The first-order valence-electron chi connectivity index (χ1n) is 9.33. The van der Waals surface area contributed by atoms with Crippen LogP contribution in [0.25, 0.3) is 11.3 Å². The maximum atomic E-state index is 13.1. The van der Waals surface area contributed by atoms with E-state index in [1.165, 1.54) is 11.0 Å². The van der Waals surface area contributed by atoms with E-state index >= 15 is 0 Å². The maximum absolute atomic E-state index is 13.1. The number of fused-ring (bicyclic) bond motifs is 4. The van der Waals surface area contributed by atoms with Crippen LogP contribution in [0.4, 0.5) is 29.5 Å². The van der Waals surface area contributed by atoms with E-state index in [2.05, 4.69) is 16.8 Å². The number of hydrogen-bond donors (Lipinski definition) is 1. The molecule has 2 unspecified atom stereocenters. The molecule has 4 rings (SSSR count). The molecule has 28 heavy (non-hydrogen) atoms. The highest BCUT2D eigenvalue weighted by Gasteiger charge is 2.44. The second-order valence-electron chi connectivity index (χ2n) is 7.31. The van der Waals surface area contributed by atoms with Crippen molar-refractivity contribution in [3.05, 3.63) is 42.0 Å². The molecule has 0 saturated carbocycles. The van der Waals surface area contributed by atoms with Crippen LogP contribution in [0.2, 0.25) is 0 Å². The molecule has 0 aliphatic carbocycles. The summed E-state index contributed by atoms with van der Waals surface area (Å²) >= 11 is 0. The number of benzene rings is 1. The topological polar surface area (TPSA) is 62.5 Å². The van der Waals surface area contributed by atoms with Crippen molar-refractivity contribution in [3.63, 3.8) is 0 Å². The van der Waals surface area contributed by atoms with Crippen molar-refractivity contribution in [2.75, 3.05) is 16.3 Å². The van der Waals surface area contributed by atoms with Crippen LogP contribution >= 0.6 is 0 Å². The molecule has 148 valence electrons. The normalized spacial score (nSPS) is 21.0. The Morgan fingerprint density at radius 3 is 2.75 bits per heavy atom. The van der Waals surface area contributed by atoms with Gasteiger partial charge in [-0.3, -0.25) is 4.90 Å². The average Bonchev–Trinajstić information content (AvgIpc) is 2.99. The lowest BCUT2D eigenvalue weighted by molar-refractivity contribution is -0.137. The number of alkyl halides is 3. The lowest BCUT2D eigenvalue weighted by Gasteiger charge is -2.36. The predicted octanol–water partition coefficient (Wildman–Crippen LogP) is 4.41. The van der Waals surface area contributed by atoms with E-state index in [9.17, 15) is 18.0 Å². The van der Waals surface area contributed by atoms with Crippen LogP contribution in [0.15, 0.2) is 36.4 Å². The first kappa shape index (κ1) is 18.6. The van der Waals surface area contributed by atoms with Crippen molar-refractivity contribution in [2.45, 2.75) is 44.4 Å². The van der Waals surface area contributed by atoms with Crippen molar-refractivity contribution in [3.8, 4) is 11.3 Å². The number of nitrogens with two attached hydrogens (primary N) is 1. The molecule has 5 nitrogen and oxygen atoms in total. The number of primary amides is 1. The monoisotopic (exact) mass is 390 g/mol. The van der Waals surface area contributed by atoms with E-state index < -0.39 is 17.8 Å². The number of carbonyl (C=O) groups excluding carboxylic acids is 1. The van der Waals surface area contributed by atoms with Crippen molar-refractivity contribution >= 4 is 17.5 Å². The molecule has 1 aromatic heterocycles. The molecule has 3 heterocycles. The standard InChI is InChI=1S/C20H21F3N4O/c1-2-4-14-10-15-11-26(14)17-8-7-16(25-18(17)27(15)19(24)28)12-5-3-6-13(9-12)20(21,22)23/h3,5-9,14-15H,2,4,10-11H2,1H3,(H2,24,28). The van der Waals surface area contributed by atoms with Gasteiger partial charge < -0.3 is 10.6 Å². The van der Waals surface area contributed by atoms with E-state index in [4.69, 9.17) is 5.73 Å². The number of halogens is 3. The van der Waals surface area contributed by atoms with Crippen molar-refractivity contribution in [1.29, 1.82) is 0 Å². The Balaban J connectivity index is 1.79. The Kier molecular flexibility index (Phi) is 4.44. The fourth-order valence-corrected chi connectivity index (χ4v) is 4.30. The van der Waals surface area contributed by atoms with Gasteiger partial charge in [0.2, 0.25) is 0 Å². The highest BCUT2D eigenvalue weighted by molar-refractivity contribution is 5.96. The number of carbonyl (C=O) groups is 1. The molecule has 1 aromatic carbocycles. The summed E-state index contributed by atoms with van der Waals surface area (Å²) in [5, 5.41) is 0. The summed E-state index contributed by atoms with van der Waals surface area (Å²) < 4.78 is 39.2. The molecule has 8 heteroatoms. The fraction of sp³-hybridized carbons (Fsp3) is 0.400. The van der Waals surface area contributed by atoms with Gasteiger partial charge in [0.25, 0.3) is 0 Å². The second-order valence-corrected chi connectivity index (χ2v) is 7.31. The van der Waals surface area contributed by atoms with Crippen LogP contribution < -0.4 is 15.5 Å². The van der Waals surface area contributed by atoms with Crippen molar-refractivity contribution < 1.29 is 18.0 Å². The molecule has 1 fully saturated rings. The van der Waals surface area contributed by atoms with Crippen LogP contribution in [0.1, 0.15) is 31.7 Å². The minimum atomic E-state index is -4.43. The first-order chi connectivity index (χ1) is 13.3. The number of amides is 2. The van der Waals surface area contributed by atoms with Crippen molar-refractivity contribution in [2.24, 2.45) is 5.73 Å². The smallest absolute Gasteiger partial charge is 0.363 e. The van der Waals surface area contributed by atoms with Gasteiger partial charge >= 0.3 is 12.2 Å². The summed E-state index contributed by atoms with van der Waals surface area (Å²) in [4.78, 5) is 20.4. The summed E-state index contributed by atoms with van der Waals surface area (Å²) in [5.74, 6) is 0.428. The van der Waals surface area contributed by atoms with Crippen LogP contribution in [-0.2, 0) is 6.18 Å². The molecule has 2 atom stereocenters. The van der Waals surface area contributed by atoms with Crippen LogP contribution in [0.5, 0.6) is 0 Å². The molecular formula is C20H21F3N4O. The number of nitrogens with zero attached hydrogens (tertiary/aromatic N) is 3. The van der Waals surface area contributed by atoms with Gasteiger partial charge in [0.05, 0.1) is 23.0 Å². The largest absolute Gasteiger partial charge is 0.416 e. The summed E-state index contributed by atoms with van der Waals surface area (Å²) in [6.45, 7) is 2.82. The average molecular weight is 390 g/mol. The Labute approximate surface area is 160 Å². The zero-order valence-electron chi connectivity index (χ0n) is 15.4. The number of pyridine rings is 1. The molecule has 2 N–H and O–H groups in total. The van der Waals surface area contributed by atoms with E-state index in [1.54, 1.807) is 12.1 Å². The first-order valence-corrected chi connectivity index (χ1v) is 9.33. The van der Waals surface area contributed by atoms with Gasteiger partial charge in [-0.2, -0.15) is 13.2 Å². The van der Waals surface area contributed by atoms with Gasteiger partial charge in [0, 0.05) is 18.2 Å². The van der Waals surface area contributed by atoms with Gasteiger partial charge in [0.15, 0.2) is 5.82 Å². The molecule has 2 amide bonds. The zero-order valence-corrected chi connectivity index (χ0v) is 15.4. The number of urea groups is 1. The highest BCUT2D eigenvalue weighted by atomic mass is 19.4. The van der Waals surface area contributed by atoms with Crippen LogP contribution in [-0.4, -0.2) is 29.6 Å². The van der Waals surface area contributed by atoms with Crippen LogP contribution in [0, 0.1) is 0 Å². The number of rotatable bonds is 3. The third kappa shape index (κ3) is 3.06. The molecule has 2 aliphatic heterocycles. The third-order valence-corrected chi connectivity index (χ3v) is 5.49. The number of aromatic nitrogens is 1. The third-order valence-electron chi connectivity index (χ3n) is 5.49. The SMILES string of the molecule is CCCC1CC2CN1c1ccc(-c3cccc(C(F)(F)F)c3)nc1N2C(N)=O. The summed E-state index contributed by atoms with van der Waals surface area (Å²) in [6, 6.07) is 8.22. The molecule has 0 spiro atoms. The summed E-state index contributed by atoms with van der Waals surface area (Å²) in [7, 11) is 0. The molecular weight excluding hydrogens is 369 g/mol. The zero-order chi connectivity index (χ0) is 20.1. The minimum Gasteiger partial charge on any atom is -0.363 e. The van der Waals surface area contributed by atoms with Crippen molar-refractivity contribution in [1.82, 2.24) is 4.98 Å². The molecule has 2 aliphatic rings. The molecule has 0 radical (unpaired) electrons. The quantitative estimate of drug-likeness (QED) is 0.844. The highest BCUT2D eigenvalue weighted by Crippen LogP contribution is 2.43. The Bertz CT molecular complexity index is 915. The van der Waals surface area contributed by atoms with Gasteiger partial charge in [-0.05, 0) is 37.1 Å². The van der Waals surface area contributed by atoms with E-state index in [0.717, 1.165) is 37.1 Å². The predicted molar refractivity (Wildman–Crippen MR) is 101 cm³/mol. The minimum absolute atomic E-state index is 0.0641. The maximum Gasteiger partial charge on any atom is 0.416 e. The van der Waals surface area contributed by atoms with Gasteiger partial charge in [-0.25, -0.2) is 9.78 Å². The number of hydrogen-bond acceptors (Lipinski definition) is 3. The molecule has 2 aromatic rings. The second kappa shape index (κ2) is 6.68. The van der Waals surface area contributed by atoms with E-state index in [0.29, 0.717) is 29.7 Å². The molecule has 2 bridgehead atoms. The van der Waals surface area contributed by atoms with Gasteiger partial charge in [-0.15, -0.1) is 0 Å². The van der Waals surface area contributed by atoms with Crippen LogP contribution in [0.3, 0.4) is 0 Å². The van der Waals surface area contributed by atoms with Gasteiger partial charge in [-0.1, -0.05) is 25.5 Å². The fourth-order valence-electron chi connectivity index (χ4n) is 4.30. The lowest BCUT2D eigenvalue weighted by atomic mass is 10.1. The number of anilines is 2.